The smallest absolute Gasteiger partial charge is 0.255 e. The molecule has 0 aliphatic carbocycles. The predicted molar refractivity (Wildman–Crippen MR) is 130 cm³/mol. The van der Waals surface area contributed by atoms with E-state index in [0.29, 0.717) is 27.5 Å². The summed E-state index contributed by atoms with van der Waals surface area (Å²) in [6, 6.07) is 21.3. The van der Waals surface area contributed by atoms with Crippen molar-refractivity contribution in [2.75, 3.05) is 15.8 Å². The molecule has 1 amide bonds. The monoisotopic (exact) mass is 465 g/mol. The minimum atomic E-state index is -3.37. The topological polar surface area (TPSA) is 88.2 Å². The van der Waals surface area contributed by atoms with Crippen LogP contribution in [0.3, 0.4) is 0 Å². The van der Waals surface area contributed by atoms with Crippen molar-refractivity contribution in [1.82, 2.24) is 4.98 Å². The van der Waals surface area contributed by atoms with Crippen molar-refractivity contribution in [2.45, 2.75) is 6.92 Å². The van der Waals surface area contributed by atoms with Crippen LogP contribution in [0.5, 0.6) is 0 Å². The van der Waals surface area contributed by atoms with Crippen molar-refractivity contribution in [1.29, 1.82) is 0 Å². The lowest BCUT2D eigenvalue weighted by Crippen LogP contribution is -2.15. The minimum absolute atomic E-state index is 0.0281. The first-order chi connectivity index (χ1) is 15.4. The van der Waals surface area contributed by atoms with E-state index in [2.05, 4.69) is 15.0 Å². The van der Waals surface area contributed by atoms with Gasteiger partial charge in [0.2, 0.25) is 10.0 Å². The SMILES string of the molecule is CCS(=O)(=O)Nc1ccc(C(=O)Nc2ccc(Cl)c(-c3nccc4ccccc34)c2)cc1. The number of hydrogen-bond donors (Lipinski definition) is 2. The Bertz CT molecular complexity index is 1400. The Morgan fingerprint density at radius 1 is 0.969 bits per heavy atom. The quantitative estimate of drug-likeness (QED) is 0.389. The van der Waals surface area contributed by atoms with Gasteiger partial charge in [0.05, 0.1) is 16.5 Å². The number of halogens is 1. The summed E-state index contributed by atoms with van der Waals surface area (Å²) in [6.45, 7) is 1.55. The molecule has 8 heteroatoms. The van der Waals surface area contributed by atoms with Crippen LogP contribution in [-0.4, -0.2) is 25.1 Å². The number of fused-ring (bicyclic) bond motifs is 1. The van der Waals surface area contributed by atoms with Gasteiger partial charge in [-0.1, -0.05) is 35.9 Å². The molecule has 0 saturated heterocycles. The third-order valence-electron chi connectivity index (χ3n) is 4.95. The molecule has 0 fully saturated rings. The zero-order valence-corrected chi connectivity index (χ0v) is 18.7. The van der Waals surface area contributed by atoms with Gasteiger partial charge in [0.1, 0.15) is 0 Å². The van der Waals surface area contributed by atoms with Crippen LogP contribution in [0.15, 0.2) is 79.0 Å². The number of aromatic nitrogens is 1. The predicted octanol–water partition coefficient (Wildman–Crippen LogP) is 5.57. The van der Waals surface area contributed by atoms with Gasteiger partial charge in [0, 0.05) is 34.1 Å². The molecule has 0 aliphatic rings. The fraction of sp³-hybridized carbons (Fsp3) is 0.0833. The van der Waals surface area contributed by atoms with Crippen LogP contribution < -0.4 is 10.0 Å². The second kappa shape index (κ2) is 8.98. The van der Waals surface area contributed by atoms with E-state index in [4.69, 9.17) is 11.6 Å². The molecule has 0 spiro atoms. The zero-order chi connectivity index (χ0) is 22.7. The number of sulfonamides is 1. The van der Waals surface area contributed by atoms with Gasteiger partial charge in [-0.3, -0.25) is 14.5 Å². The second-order valence-electron chi connectivity index (χ2n) is 7.11. The number of benzene rings is 3. The van der Waals surface area contributed by atoms with E-state index < -0.39 is 10.0 Å². The number of carbonyl (C=O) groups excluding carboxylic acids is 1. The van der Waals surface area contributed by atoms with E-state index in [1.54, 1.807) is 55.6 Å². The van der Waals surface area contributed by atoms with Gasteiger partial charge in [0.25, 0.3) is 5.91 Å². The lowest BCUT2D eigenvalue weighted by molar-refractivity contribution is 0.102. The molecule has 0 aliphatic heterocycles. The summed E-state index contributed by atoms with van der Waals surface area (Å²) in [5, 5.41) is 5.39. The van der Waals surface area contributed by atoms with E-state index in [0.717, 1.165) is 16.5 Å². The molecule has 0 atom stereocenters. The molecule has 162 valence electrons. The highest BCUT2D eigenvalue weighted by Gasteiger charge is 2.13. The molecule has 0 radical (unpaired) electrons. The van der Waals surface area contributed by atoms with Crippen LogP contribution in [-0.2, 0) is 10.0 Å². The average molecular weight is 466 g/mol. The summed E-state index contributed by atoms with van der Waals surface area (Å²) in [4.78, 5) is 17.2. The van der Waals surface area contributed by atoms with E-state index in [1.807, 2.05) is 30.3 Å². The van der Waals surface area contributed by atoms with E-state index in [-0.39, 0.29) is 11.7 Å². The Hall–Kier alpha value is -3.42. The fourth-order valence-corrected chi connectivity index (χ4v) is 4.11. The third kappa shape index (κ3) is 4.74. The molecule has 32 heavy (non-hydrogen) atoms. The van der Waals surface area contributed by atoms with E-state index >= 15 is 0 Å². The molecule has 0 bridgehead atoms. The number of nitrogens with one attached hydrogen (secondary N) is 2. The highest BCUT2D eigenvalue weighted by Crippen LogP contribution is 2.33. The Morgan fingerprint density at radius 2 is 1.69 bits per heavy atom. The first-order valence-corrected chi connectivity index (χ1v) is 11.9. The van der Waals surface area contributed by atoms with E-state index in [9.17, 15) is 13.2 Å². The summed E-state index contributed by atoms with van der Waals surface area (Å²) in [7, 11) is -3.37. The summed E-state index contributed by atoms with van der Waals surface area (Å²) in [5.74, 6) is -0.353. The lowest BCUT2D eigenvalue weighted by Gasteiger charge is -2.11. The standard InChI is InChI=1S/C24H20ClN3O3S/c1-2-32(30,31)28-18-9-7-17(8-10-18)24(29)27-19-11-12-22(25)21(15-19)23-20-6-4-3-5-16(20)13-14-26-23/h3-15,28H,2H2,1H3,(H,27,29). The molecule has 0 unspecified atom stereocenters. The highest BCUT2D eigenvalue weighted by atomic mass is 35.5. The van der Waals surface area contributed by atoms with Gasteiger partial charge in [0.15, 0.2) is 0 Å². The van der Waals surface area contributed by atoms with E-state index in [1.165, 1.54) is 0 Å². The van der Waals surface area contributed by atoms with Crippen LogP contribution in [0.25, 0.3) is 22.0 Å². The van der Waals surface area contributed by atoms with Gasteiger partial charge in [-0.05, 0) is 60.8 Å². The molecule has 1 aromatic heterocycles. The number of carbonyl (C=O) groups is 1. The van der Waals surface area contributed by atoms with Crippen molar-refractivity contribution < 1.29 is 13.2 Å². The van der Waals surface area contributed by atoms with Crippen LogP contribution in [0.2, 0.25) is 5.02 Å². The van der Waals surface area contributed by atoms with Gasteiger partial charge in [-0.25, -0.2) is 8.42 Å². The summed E-state index contributed by atoms with van der Waals surface area (Å²) >= 11 is 6.46. The Kier molecular flexibility index (Phi) is 6.12. The molecule has 2 N–H and O–H groups in total. The Balaban J connectivity index is 1.59. The summed E-state index contributed by atoms with van der Waals surface area (Å²) < 4.78 is 25.8. The molecule has 0 saturated carbocycles. The van der Waals surface area contributed by atoms with Crippen LogP contribution in [0, 0.1) is 0 Å². The number of amides is 1. The number of anilines is 2. The maximum atomic E-state index is 12.7. The number of rotatable bonds is 6. The number of hydrogen-bond acceptors (Lipinski definition) is 4. The van der Waals surface area contributed by atoms with Crippen molar-refractivity contribution >= 4 is 49.7 Å². The van der Waals surface area contributed by atoms with Gasteiger partial charge in [-0.2, -0.15) is 0 Å². The van der Waals surface area contributed by atoms with Gasteiger partial charge < -0.3 is 5.32 Å². The lowest BCUT2D eigenvalue weighted by atomic mass is 10.0. The van der Waals surface area contributed by atoms with Gasteiger partial charge >= 0.3 is 0 Å². The van der Waals surface area contributed by atoms with Crippen LogP contribution in [0.1, 0.15) is 17.3 Å². The molecule has 3 aromatic carbocycles. The van der Waals surface area contributed by atoms with Gasteiger partial charge in [-0.15, -0.1) is 0 Å². The molecule has 4 aromatic rings. The van der Waals surface area contributed by atoms with Crippen LogP contribution >= 0.6 is 11.6 Å². The fourth-order valence-electron chi connectivity index (χ4n) is 3.26. The molecule has 6 nitrogen and oxygen atoms in total. The molecule has 4 rings (SSSR count). The van der Waals surface area contributed by atoms with Crippen molar-refractivity contribution in [3.05, 3.63) is 89.6 Å². The Labute approximate surface area is 191 Å². The first kappa shape index (κ1) is 21.8. The van der Waals surface area contributed by atoms with Crippen molar-refractivity contribution in [2.24, 2.45) is 0 Å². The van der Waals surface area contributed by atoms with Crippen molar-refractivity contribution in [3.8, 4) is 11.3 Å². The Morgan fingerprint density at radius 3 is 2.44 bits per heavy atom. The zero-order valence-electron chi connectivity index (χ0n) is 17.2. The van der Waals surface area contributed by atoms with Crippen LogP contribution in [0.4, 0.5) is 11.4 Å². The number of pyridine rings is 1. The largest absolute Gasteiger partial charge is 0.322 e. The maximum absolute atomic E-state index is 12.7. The summed E-state index contributed by atoms with van der Waals surface area (Å²) in [5.41, 5.74) is 2.81. The maximum Gasteiger partial charge on any atom is 0.255 e. The number of nitrogens with zero attached hydrogens (tertiary/aromatic N) is 1. The first-order valence-electron chi connectivity index (χ1n) is 9.92. The molecule has 1 heterocycles. The highest BCUT2D eigenvalue weighted by molar-refractivity contribution is 7.92. The second-order valence-corrected chi connectivity index (χ2v) is 9.53. The third-order valence-corrected chi connectivity index (χ3v) is 6.59. The van der Waals surface area contributed by atoms with Crippen molar-refractivity contribution in [3.63, 3.8) is 0 Å². The average Bonchev–Trinajstić information content (AvgIpc) is 2.80. The minimum Gasteiger partial charge on any atom is -0.322 e. The normalized spacial score (nSPS) is 11.3. The molecular formula is C24H20ClN3O3S. The summed E-state index contributed by atoms with van der Waals surface area (Å²) in [6.07, 6.45) is 1.73. The molecular weight excluding hydrogens is 446 g/mol.